The summed E-state index contributed by atoms with van der Waals surface area (Å²) in [5.41, 5.74) is 6.33. The summed E-state index contributed by atoms with van der Waals surface area (Å²) in [5, 5.41) is 3.20. The number of methoxy groups -OCH3 is 1. The molecule has 17 heavy (non-hydrogen) atoms. The van der Waals surface area contributed by atoms with Crippen molar-refractivity contribution in [3.63, 3.8) is 0 Å². The summed E-state index contributed by atoms with van der Waals surface area (Å²) in [6.07, 6.45) is 0.675. The first-order chi connectivity index (χ1) is 8.10. The van der Waals surface area contributed by atoms with Gasteiger partial charge in [-0.15, -0.1) is 0 Å². The largest absolute Gasteiger partial charge is 0.496 e. The molecule has 1 rings (SSSR count). The Labute approximate surface area is 102 Å². The lowest BCUT2D eigenvalue weighted by molar-refractivity contribution is -0.120. The fourth-order valence-electron chi connectivity index (χ4n) is 1.82. The molecule has 3 N–H and O–H groups in total. The maximum atomic E-state index is 11.2. The Hall–Kier alpha value is -1.55. The van der Waals surface area contributed by atoms with E-state index in [0.29, 0.717) is 6.42 Å². The average Bonchev–Trinajstić information content (AvgIpc) is 2.35. The number of para-hydroxylation sites is 1. The first-order valence-electron chi connectivity index (χ1n) is 5.78. The molecule has 0 spiro atoms. The summed E-state index contributed by atoms with van der Waals surface area (Å²) >= 11 is 0. The second-order valence-electron chi connectivity index (χ2n) is 3.99. The number of carbonyl (C=O) groups is 1. The molecule has 2 atom stereocenters. The number of nitrogens with two attached hydrogens (primary N) is 1. The molecule has 0 aliphatic carbocycles. The van der Waals surface area contributed by atoms with Crippen molar-refractivity contribution in [3.8, 4) is 5.75 Å². The molecule has 0 radical (unpaired) electrons. The van der Waals surface area contributed by atoms with Crippen molar-refractivity contribution < 1.29 is 9.53 Å². The number of rotatable bonds is 6. The van der Waals surface area contributed by atoms with Gasteiger partial charge in [0.1, 0.15) is 5.75 Å². The molecule has 1 unspecified atom stereocenters. The van der Waals surface area contributed by atoms with E-state index >= 15 is 0 Å². The number of amides is 1. The minimum atomic E-state index is -0.325. The lowest BCUT2D eigenvalue weighted by atomic mass is 10.1. The number of hydrogen-bond acceptors (Lipinski definition) is 3. The van der Waals surface area contributed by atoms with Crippen molar-refractivity contribution in [3.05, 3.63) is 29.8 Å². The van der Waals surface area contributed by atoms with Gasteiger partial charge in [-0.1, -0.05) is 25.1 Å². The third-order valence-electron chi connectivity index (χ3n) is 2.81. The summed E-state index contributed by atoms with van der Waals surface area (Å²) in [6, 6.07) is 7.45. The normalized spacial score (nSPS) is 14.1. The lowest BCUT2D eigenvalue weighted by Crippen LogP contribution is -2.41. The van der Waals surface area contributed by atoms with E-state index in [1.807, 2.05) is 38.1 Å². The molecule has 1 amide bonds. The number of nitrogens with one attached hydrogen (secondary N) is 1. The van der Waals surface area contributed by atoms with Gasteiger partial charge in [0.25, 0.3) is 0 Å². The zero-order valence-electron chi connectivity index (χ0n) is 10.6. The first kappa shape index (κ1) is 13.5. The summed E-state index contributed by atoms with van der Waals surface area (Å²) in [5.74, 6) is 0.487. The van der Waals surface area contributed by atoms with Crippen LogP contribution in [0.25, 0.3) is 0 Å². The Morgan fingerprint density at radius 3 is 2.65 bits per heavy atom. The van der Waals surface area contributed by atoms with Crippen LogP contribution < -0.4 is 15.8 Å². The predicted molar refractivity (Wildman–Crippen MR) is 67.8 cm³/mol. The molecule has 0 aliphatic heterocycles. The van der Waals surface area contributed by atoms with Gasteiger partial charge in [-0.05, 0) is 19.4 Å². The van der Waals surface area contributed by atoms with Gasteiger partial charge < -0.3 is 10.5 Å². The Balaban J connectivity index is 2.81. The highest BCUT2D eigenvalue weighted by Crippen LogP contribution is 2.24. The van der Waals surface area contributed by atoms with Crippen LogP contribution in [0.5, 0.6) is 5.75 Å². The molecule has 1 aromatic carbocycles. The van der Waals surface area contributed by atoms with Crippen molar-refractivity contribution in [2.24, 2.45) is 5.73 Å². The molecule has 0 saturated heterocycles. The Morgan fingerprint density at radius 1 is 1.47 bits per heavy atom. The smallest absolute Gasteiger partial charge is 0.234 e. The van der Waals surface area contributed by atoms with E-state index in [1.165, 1.54) is 0 Å². The highest BCUT2D eigenvalue weighted by Gasteiger charge is 2.18. The van der Waals surface area contributed by atoms with Gasteiger partial charge >= 0.3 is 0 Å². The molecule has 0 aromatic heterocycles. The molecule has 0 saturated carbocycles. The SMILES string of the molecule is CCC(N[C@@H](C)c1ccccc1OC)C(N)=O. The number of ether oxygens (including phenoxy) is 1. The third kappa shape index (κ3) is 3.46. The molecule has 0 heterocycles. The lowest BCUT2D eigenvalue weighted by Gasteiger charge is -2.21. The van der Waals surface area contributed by atoms with Crippen LogP contribution in [-0.2, 0) is 4.79 Å². The number of primary amides is 1. The maximum Gasteiger partial charge on any atom is 0.234 e. The van der Waals surface area contributed by atoms with Crippen LogP contribution >= 0.6 is 0 Å². The van der Waals surface area contributed by atoms with Gasteiger partial charge in [0.15, 0.2) is 0 Å². The van der Waals surface area contributed by atoms with E-state index in [0.717, 1.165) is 11.3 Å². The van der Waals surface area contributed by atoms with Gasteiger partial charge in [-0.2, -0.15) is 0 Å². The standard InChI is InChI=1S/C13H20N2O2/c1-4-11(13(14)16)15-9(2)10-7-5-6-8-12(10)17-3/h5-9,11,15H,4H2,1-3H3,(H2,14,16)/t9-,11?/m0/s1. The second kappa shape index (κ2) is 6.25. The van der Waals surface area contributed by atoms with Crippen LogP contribution in [0.1, 0.15) is 31.9 Å². The zero-order valence-corrected chi connectivity index (χ0v) is 10.6. The number of benzene rings is 1. The van der Waals surface area contributed by atoms with Crippen LogP contribution in [-0.4, -0.2) is 19.1 Å². The minimum absolute atomic E-state index is 0.0172. The summed E-state index contributed by atoms with van der Waals surface area (Å²) in [7, 11) is 1.64. The fourth-order valence-corrected chi connectivity index (χ4v) is 1.82. The average molecular weight is 236 g/mol. The van der Waals surface area contributed by atoms with Crippen LogP contribution in [0.15, 0.2) is 24.3 Å². The van der Waals surface area contributed by atoms with Crippen LogP contribution in [0.3, 0.4) is 0 Å². The molecule has 1 aromatic rings. The summed E-state index contributed by atoms with van der Waals surface area (Å²) in [4.78, 5) is 11.2. The molecule has 0 bridgehead atoms. The highest BCUT2D eigenvalue weighted by molar-refractivity contribution is 5.79. The van der Waals surface area contributed by atoms with E-state index in [1.54, 1.807) is 7.11 Å². The Bertz CT molecular complexity index is 379. The molecule has 4 heteroatoms. The summed E-state index contributed by atoms with van der Waals surface area (Å²) in [6.45, 7) is 3.92. The minimum Gasteiger partial charge on any atom is -0.496 e. The van der Waals surface area contributed by atoms with Gasteiger partial charge in [-0.25, -0.2) is 0 Å². The van der Waals surface area contributed by atoms with Crippen molar-refractivity contribution >= 4 is 5.91 Å². The van der Waals surface area contributed by atoms with E-state index < -0.39 is 0 Å². The predicted octanol–water partition coefficient (Wildman–Crippen LogP) is 1.61. The number of hydrogen-bond donors (Lipinski definition) is 2. The quantitative estimate of drug-likeness (QED) is 0.788. The van der Waals surface area contributed by atoms with E-state index in [9.17, 15) is 4.79 Å². The molecular weight excluding hydrogens is 216 g/mol. The van der Waals surface area contributed by atoms with Gasteiger partial charge in [0.05, 0.1) is 13.2 Å². The molecular formula is C13H20N2O2. The fraction of sp³-hybridized carbons (Fsp3) is 0.462. The van der Waals surface area contributed by atoms with Gasteiger partial charge in [0.2, 0.25) is 5.91 Å². The maximum absolute atomic E-state index is 11.2. The Kier molecular flexibility index (Phi) is 4.97. The second-order valence-corrected chi connectivity index (χ2v) is 3.99. The molecule has 4 nitrogen and oxygen atoms in total. The van der Waals surface area contributed by atoms with Crippen molar-refractivity contribution in [2.75, 3.05) is 7.11 Å². The van der Waals surface area contributed by atoms with Gasteiger partial charge in [-0.3, -0.25) is 10.1 Å². The molecule has 0 fully saturated rings. The topological polar surface area (TPSA) is 64.3 Å². The molecule has 0 aliphatic rings. The Morgan fingerprint density at radius 2 is 2.12 bits per heavy atom. The van der Waals surface area contributed by atoms with E-state index in [2.05, 4.69) is 5.32 Å². The first-order valence-corrected chi connectivity index (χ1v) is 5.78. The van der Waals surface area contributed by atoms with E-state index in [-0.39, 0.29) is 18.0 Å². The van der Waals surface area contributed by atoms with Crippen LogP contribution in [0.4, 0.5) is 0 Å². The monoisotopic (exact) mass is 236 g/mol. The number of carbonyl (C=O) groups excluding carboxylic acids is 1. The third-order valence-corrected chi connectivity index (χ3v) is 2.81. The highest BCUT2D eigenvalue weighted by atomic mass is 16.5. The van der Waals surface area contributed by atoms with Crippen molar-refractivity contribution in [1.29, 1.82) is 0 Å². The zero-order chi connectivity index (χ0) is 12.8. The van der Waals surface area contributed by atoms with Crippen molar-refractivity contribution in [1.82, 2.24) is 5.32 Å². The van der Waals surface area contributed by atoms with Gasteiger partial charge in [0, 0.05) is 11.6 Å². The van der Waals surface area contributed by atoms with Crippen LogP contribution in [0, 0.1) is 0 Å². The van der Waals surface area contributed by atoms with Crippen molar-refractivity contribution in [2.45, 2.75) is 32.4 Å². The molecule has 94 valence electrons. The summed E-state index contributed by atoms with van der Waals surface area (Å²) < 4.78 is 5.29. The van der Waals surface area contributed by atoms with Crippen LogP contribution in [0.2, 0.25) is 0 Å². The van der Waals surface area contributed by atoms with E-state index in [4.69, 9.17) is 10.5 Å².